The molecule has 0 aliphatic carbocycles. The number of halogens is 1. The fourth-order valence-corrected chi connectivity index (χ4v) is 2.73. The molecule has 138 valence electrons. The van der Waals surface area contributed by atoms with Gasteiger partial charge in [0.05, 0.1) is 0 Å². The summed E-state index contributed by atoms with van der Waals surface area (Å²) in [5, 5.41) is 6.74. The van der Waals surface area contributed by atoms with Crippen molar-refractivity contribution >= 4 is 29.9 Å². The van der Waals surface area contributed by atoms with E-state index in [4.69, 9.17) is 9.73 Å². The normalized spacial score (nSPS) is 16.9. The van der Waals surface area contributed by atoms with Crippen LogP contribution < -0.4 is 10.6 Å². The summed E-state index contributed by atoms with van der Waals surface area (Å²) >= 11 is 0. The second kappa shape index (κ2) is 15.4. The Morgan fingerprint density at radius 1 is 1.17 bits per heavy atom. The van der Waals surface area contributed by atoms with Crippen molar-refractivity contribution in [2.45, 2.75) is 46.5 Å². The third-order valence-electron chi connectivity index (χ3n) is 3.89. The average Bonchev–Trinajstić information content (AvgIpc) is 3.01. The monoisotopic (exact) mass is 440 g/mol. The number of nitrogens with zero attached hydrogens (tertiary/aromatic N) is 2. The van der Waals surface area contributed by atoms with Crippen molar-refractivity contribution < 1.29 is 4.74 Å². The van der Waals surface area contributed by atoms with E-state index >= 15 is 0 Å². The minimum atomic E-state index is 0. The zero-order valence-corrected chi connectivity index (χ0v) is 17.6. The lowest BCUT2D eigenvalue weighted by Crippen LogP contribution is -2.38. The summed E-state index contributed by atoms with van der Waals surface area (Å²) < 4.78 is 5.35. The van der Waals surface area contributed by atoms with E-state index in [1.165, 1.54) is 32.5 Å². The van der Waals surface area contributed by atoms with E-state index in [1.54, 1.807) is 0 Å². The second-order valence-corrected chi connectivity index (χ2v) is 6.16. The van der Waals surface area contributed by atoms with Crippen molar-refractivity contribution in [1.82, 2.24) is 15.5 Å². The van der Waals surface area contributed by atoms with Crippen molar-refractivity contribution in [2.75, 3.05) is 52.5 Å². The maximum atomic E-state index is 5.35. The molecule has 0 amide bonds. The first-order valence-electron chi connectivity index (χ1n) is 9.08. The van der Waals surface area contributed by atoms with E-state index in [-0.39, 0.29) is 24.0 Å². The van der Waals surface area contributed by atoms with Crippen molar-refractivity contribution in [3.05, 3.63) is 0 Å². The van der Waals surface area contributed by atoms with Crippen LogP contribution in [0, 0.1) is 5.92 Å². The number of hydrogen-bond acceptors (Lipinski definition) is 3. The fourth-order valence-electron chi connectivity index (χ4n) is 2.73. The SMILES string of the molecule is CCNC(=NCC(C)CN1CCCC1)NCCCCOCC.I. The first-order valence-corrected chi connectivity index (χ1v) is 9.08. The minimum Gasteiger partial charge on any atom is -0.382 e. The van der Waals surface area contributed by atoms with Crippen LogP contribution in [-0.4, -0.2) is 63.3 Å². The number of nitrogens with one attached hydrogen (secondary N) is 2. The predicted octanol–water partition coefficient (Wildman–Crippen LogP) is 2.71. The van der Waals surface area contributed by atoms with Crippen LogP contribution in [0.5, 0.6) is 0 Å². The molecule has 1 heterocycles. The molecular weight excluding hydrogens is 403 g/mol. The molecule has 1 saturated heterocycles. The van der Waals surface area contributed by atoms with E-state index < -0.39 is 0 Å². The standard InChI is InChI=1S/C17H36N4O.HI/c1-4-18-17(19-10-6-9-13-22-5-2)20-14-16(3)15-21-11-7-8-12-21;/h16H,4-15H2,1-3H3,(H2,18,19,20);1H. The van der Waals surface area contributed by atoms with Crippen LogP contribution >= 0.6 is 24.0 Å². The quantitative estimate of drug-likeness (QED) is 0.225. The summed E-state index contributed by atoms with van der Waals surface area (Å²) in [7, 11) is 0. The van der Waals surface area contributed by atoms with Gasteiger partial charge in [-0.3, -0.25) is 4.99 Å². The molecule has 0 saturated carbocycles. The highest BCUT2D eigenvalue weighted by Crippen LogP contribution is 2.10. The minimum absolute atomic E-state index is 0. The van der Waals surface area contributed by atoms with Gasteiger partial charge in [-0.2, -0.15) is 0 Å². The van der Waals surface area contributed by atoms with Crippen molar-refractivity contribution in [1.29, 1.82) is 0 Å². The smallest absolute Gasteiger partial charge is 0.191 e. The van der Waals surface area contributed by atoms with Crippen LogP contribution in [-0.2, 0) is 4.74 Å². The van der Waals surface area contributed by atoms with Crippen molar-refractivity contribution in [3.63, 3.8) is 0 Å². The van der Waals surface area contributed by atoms with Gasteiger partial charge in [0.1, 0.15) is 0 Å². The predicted molar refractivity (Wildman–Crippen MR) is 110 cm³/mol. The molecule has 1 atom stereocenters. The summed E-state index contributed by atoms with van der Waals surface area (Å²) in [6.07, 6.45) is 4.95. The molecule has 0 bridgehead atoms. The van der Waals surface area contributed by atoms with E-state index in [1.807, 2.05) is 6.92 Å². The fraction of sp³-hybridized carbons (Fsp3) is 0.941. The number of unbranched alkanes of at least 4 members (excludes halogenated alkanes) is 1. The third-order valence-corrected chi connectivity index (χ3v) is 3.89. The number of hydrogen-bond donors (Lipinski definition) is 2. The van der Waals surface area contributed by atoms with E-state index in [2.05, 4.69) is 29.4 Å². The molecule has 1 unspecified atom stereocenters. The lowest BCUT2D eigenvalue weighted by molar-refractivity contribution is 0.143. The van der Waals surface area contributed by atoms with Gasteiger partial charge in [-0.25, -0.2) is 0 Å². The van der Waals surface area contributed by atoms with Gasteiger partial charge in [0, 0.05) is 39.4 Å². The Balaban J connectivity index is 0.00000484. The van der Waals surface area contributed by atoms with Crippen LogP contribution in [0.25, 0.3) is 0 Å². The highest BCUT2D eigenvalue weighted by molar-refractivity contribution is 14.0. The molecule has 0 radical (unpaired) electrons. The summed E-state index contributed by atoms with van der Waals surface area (Å²) in [6.45, 7) is 14.6. The molecule has 5 nitrogen and oxygen atoms in total. The maximum Gasteiger partial charge on any atom is 0.191 e. The number of rotatable bonds is 11. The second-order valence-electron chi connectivity index (χ2n) is 6.16. The Hall–Kier alpha value is -0.0800. The van der Waals surface area contributed by atoms with Crippen LogP contribution in [0.2, 0.25) is 0 Å². The lowest BCUT2D eigenvalue weighted by atomic mass is 10.2. The summed E-state index contributed by atoms with van der Waals surface area (Å²) in [4.78, 5) is 7.29. The van der Waals surface area contributed by atoms with Gasteiger partial charge in [0.15, 0.2) is 5.96 Å². The van der Waals surface area contributed by atoms with Crippen molar-refractivity contribution in [3.8, 4) is 0 Å². The molecular formula is C17H37IN4O. The first kappa shape index (κ1) is 22.9. The molecule has 0 aromatic carbocycles. The van der Waals surface area contributed by atoms with Gasteiger partial charge >= 0.3 is 0 Å². The van der Waals surface area contributed by atoms with E-state index in [0.717, 1.165) is 51.6 Å². The Kier molecular flexibility index (Phi) is 15.4. The Bertz CT molecular complexity index is 296. The van der Waals surface area contributed by atoms with Crippen LogP contribution in [0.1, 0.15) is 46.5 Å². The number of guanidine groups is 1. The molecule has 1 fully saturated rings. The molecule has 1 aliphatic rings. The van der Waals surface area contributed by atoms with E-state index in [9.17, 15) is 0 Å². The van der Waals surface area contributed by atoms with Gasteiger partial charge in [0.25, 0.3) is 0 Å². The number of aliphatic imine (C=N–C) groups is 1. The van der Waals surface area contributed by atoms with Crippen LogP contribution in [0.4, 0.5) is 0 Å². The summed E-state index contributed by atoms with van der Waals surface area (Å²) in [6, 6.07) is 0. The summed E-state index contributed by atoms with van der Waals surface area (Å²) in [5.74, 6) is 1.57. The molecule has 0 spiro atoms. The van der Waals surface area contributed by atoms with Crippen LogP contribution in [0.15, 0.2) is 4.99 Å². The van der Waals surface area contributed by atoms with Gasteiger partial charge in [-0.05, 0) is 58.5 Å². The highest BCUT2D eigenvalue weighted by Gasteiger charge is 2.14. The first-order chi connectivity index (χ1) is 10.8. The Morgan fingerprint density at radius 2 is 1.91 bits per heavy atom. The van der Waals surface area contributed by atoms with Gasteiger partial charge in [-0.15, -0.1) is 24.0 Å². The lowest BCUT2D eigenvalue weighted by Gasteiger charge is -2.19. The van der Waals surface area contributed by atoms with Crippen molar-refractivity contribution in [2.24, 2.45) is 10.9 Å². The van der Waals surface area contributed by atoms with E-state index in [0.29, 0.717) is 5.92 Å². The van der Waals surface area contributed by atoms with Gasteiger partial charge in [-0.1, -0.05) is 6.92 Å². The highest BCUT2D eigenvalue weighted by atomic mass is 127. The number of ether oxygens (including phenoxy) is 1. The molecule has 1 aliphatic heterocycles. The molecule has 0 aromatic heterocycles. The zero-order chi connectivity index (χ0) is 16.0. The zero-order valence-electron chi connectivity index (χ0n) is 15.3. The molecule has 6 heteroatoms. The third kappa shape index (κ3) is 12.0. The maximum absolute atomic E-state index is 5.35. The van der Waals surface area contributed by atoms with Crippen LogP contribution in [0.3, 0.4) is 0 Å². The molecule has 0 aromatic rings. The Labute approximate surface area is 160 Å². The Morgan fingerprint density at radius 3 is 2.57 bits per heavy atom. The average molecular weight is 440 g/mol. The van der Waals surface area contributed by atoms with Gasteiger partial charge < -0.3 is 20.3 Å². The topological polar surface area (TPSA) is 48.9 Å². The summed E-state index contributed by atoms with van der Waals surface area (Å²) in [5.41, 5.74) is 0. The molecule has 2 N–H and O–H groups in total. The van der Waals surface area contributed by atoms with Gasteiger partial charge in [0.2, 0.25) is 0 Å². The molecule has 23 heavy (non-hydrogen) atoms. The largest absolute Gasteiger partial charge is 0.382 e. The number of likely N-dealkylation sites (tertiary alicyclic amines) is 1. The molecule has 1 rings (SSSR count).